The van der Waals surface area contributed by atoms with Crippen LogP contribution in [0.4, 0.5) is 5.69 Å². The van der Waals surface area contributed by atoms with Gasteiger partial charge >= 0.3 is 0 Å². The average molecular weight is 286 g/mol. The van der Waals surface area contributed by atoms with Crippen molar-refractivity contribution >= 4 is 15.7 Å². The van der Waals surface area contributed by atoms with E-state index in [2.05, 4.69) is 10.0 Å². The maximum Gasteiger partial charge on any atom is 0.242 e. The molecule has 0 amide bonds. The van der Waals surface area contributed by atoms with E-state index in [9.17, 15) is 13.5 Å². The predicted octanol–water partition coefficient (Wildman–Crippen LogP) is 1.56. The SMILES string of the molecule is CCC(CO)Nc1ccccc1S(=O)(=O)NC(C)C. The molecule has 19 heavy (non-hydrogen) atoms. The van der Waals surface area contributed by atoms with E-state index in [1.165, 1.54) is 0 Å². The summed E-state index contributed by atoms with van der Waals surface area (Å²) in [4.78, 5) is 0.204. The molecule has 3 N–H and O–H groups in total. The van der Waals surface area contributed by atoms with E-state index in [0.717, 1.165) is 0 Å². The van der Waals surface area contributed by atoms with Crippen LogP contribution in [-0.4, -0.2) is 32.2 Å². The molecule has 1 atom stereocenters. The van der Waals surface area contributed by atoms with Gasteiger partial charge in [-0.2, -0.15) is 0 Å². The Hall–Kier alpha value is -1.11. The molecule has 0 saturated carbocycles. The van der Waals surface area contributed by atoms with E-state index in [1.54, 1.807) is 38.1 Å². The van der Waals surface area contributed by atoms with E-state index < -0.39 is 10.0 Å². The molecule has 0 aliphatic rings. The van der Waals surface area contributed by atoms with E-state index in [1.807, 2.05) is 6.92 Å². The summed E-state index contributed by atoms with van der Waals surface area (Å²) in [6.45, 7) is 5.44. The molecule has 0 bridgehead atoms. The van der Waals surface area contributed by atoms with Crippen LogP contribution in [0.3, 0.4) is 0 Å². The first-order chi connectivity index (χ1) is 8.90. The van der Waals surface area contributed by atoms with E-state index in [4.69, 9.17) is 0 Å². The molecule has 1 aromatic carbocycles. The number of rotatable bonds is 7. The number of para-hydroxylation sites is 1. The Morgan fingerprint density at radius 3 is 2.42 bits per heavy atom. The Balaban J connectivity index is 3.08. The molecule has 1 aromatic rings. The molecule has 1 unspecified atom stereocenters. The summed E-state index contributed by atoms with van der Waals surface area (Å²) in [6, 6.07) is 6.37. The van der Waals surface area contributed by atoms with Gasteiger partial charge in [-0.3, -0.25) is 0 Å². The summed E-state index contributed by atoms with van der Waals surface area (Å²) in [5, 5.41) is 12.3. The first-order valence-electron chi connectivity index (χ1n) is 6.39. The van der Waals surface area contributed by atoms with Gasteiger partial charge in [0.25, 0.3) is 0 Å². The molecule has 0 spiro atoms. The quantitative estimate of drug-likeness (QED) is 0.711. The fourth-order valence-electron chi connectivity index (χ4n) is 1.69. The van der Waals surface area contributed by atoms with E-state index in [0.29, 0.717) is 12.1 Å². The van der Waals surface area contributed by atoms with Gasteiger partial charge in [-0.05, 0) is 32.4 Å². The third-order valence-corrected chi connectivity index (χ3v) is 4.36. The third kappa shape index (κ3) is 4.49. The van der Waals surface area contributed by atoms with Crippen LogP contribution in [-0.2, 0) is 10.0 Å². The molecule has 0 heterocycles. The summed E-state index contributed by atoms with van der Waals surface area (Å²) >= 11 is 0. The third-order valence-electron chi connectivity index (χ3n) is 2.64. The number of benzene rings is 1. The minimum Gasteiger partial charge on any atom is -0.394 e. The summed E-state index contributed by atoms with van der Waals surface area (Å²) < 4.78 is 27.0. The molecule has 0 aliphatic heterocycles. The lowest BCUT2D eigenvalue weighted by molar-refractivity contribution is 0.271. The molecule has 0 aliphatic carbocycles. The minimum atomic E-state index is -3.55. The second kappa shape index (κ2) is 6.88. The minimum absolute atomic E-state index is 0.0392. The summed E-state index contributed by atoms with van der Waals surface area (Å²) in [5.41, 5.74) is 0.511. The molecule has 0 radical (unpaired) electrons. The predicted molar refractivity (Wildman–Crippen MR) is 76.7 cm³/mol. The highest BCUT2D eigenvalue weighted by molar-refractivity contribution is 7.89. The smallest absolute Gasteiger partial charge is 0.242 e. The fraction of sp³-hybridized carbons (Fsp3) is 0.538. The Kier molecular flexibility index (Phi) is 5.78. The van der Waals surface area contributed by atoms with Gasteiger partial charge in [0.15, 0.2) is 0 Å². The fourth-order valence-corrected chi connectivity index (χ4v) is 3.11. The van der Waals surface area contributed by atoms with Gasteiger partial charge in [0.1, 0.15) is 4.90 Å². The molecular weight excluding hydrogens is 264 g/mol. The summed E-state index contributed by atoms with van der Waals surface area (Å²) in [5.74, 6) is 0. The lowest BCUT2D eigenvalue weighted by Gasteiger charge is -2.19. The maximum atomic E-state index is 12.2. The van der Waals surface area contributed by atoms with Crippen molar-refractivity contribution in [2.75, 3.05) is 11.9 Å². The number of hydrogen-bond donors (Lipinski definition) is 3. The monoisotopic (exact) mass is 286 g/mol. The number of hydrogen-bond acceptors (Lipinski definition) is 4. The van der Waals surface area contributed by atoms with Gasteiger partial charge in [-0.15, -0.1) is 0 Å². The van der Waals surface area contributed by atoms with Crippen molar-refractivity contribution < 1.29 is 13.5 Å². The molecule has 1 rings (SSSR count). The van der Waals surface area contributed by atoms with Crippen molar-refractivity contribution in [3.05, 3.63) is 24.3 Å². The Morgan fingerprint density at radius 2 is 1.89 bits per heavy atom. The number of nitrogens with one attached hydrogen (secondary N) is 2. The zero-order chi connectivity index (χ0) is 14.5. The topological polar surface area (TPSA) is 78.4 Å². The van der Waals surface area contributed by atoms with Gasteiger partial charge in [0.05, 0.1) is 12.3 Å². The van der Waals surface area contributed by atoms with Crippen LogP contribution in [0, 0.1) is 0 Å². The van der Waals surface area contributed by atoms with Crippen molar-refractivity contribution in [2.45, 2.75) is 44.2 Å². The number of aliphatic hydroxyl groups excluding tert-OH is 1. The highest BCUT2D eigenvalue weighted by atomic mass is 32.2. The standard InChI is InChI=1S/C13H22N2O3S/c1-4-11(9-16)14-12-7-5-6-8-13(12)19(17,18)15-10(2)3/h5-8,10-11,14-16H,4,9H2,1-3H3. The Labute approximate surface area is 115 Å². The van der Waals surface area contributed by atoms with Gasteiger partial charge in [0, 0.05) is 12.1 Å². The molecule has 0 saturated heterocycles. The number of anilines is 1. The van der Waals surface area contributed by atoms with Crippen molar-refractivity contribution in [1.82, 2.24) is 4.72 Å². The Bertz CT molecular complexity index is 496. The maximum absolute atomic E-state index is 12.2. The second-order valence-electron chi connectivity index (χ2n) is 4.70. The van der Waals surface area contributed by atoms with Crippen molar-refractivity contribution in [1.29, 1.82) is 0 Å². The molecular formula is C13H22N2O3S. The molecule has 108 valence electrons. The van der Waals surface area contributed by atoms with Gasteiger partial charge in [0.2, 0.25) is 10.0 Å². The zero-order valence-corrected chi connectivity index (χ0v) is 12.4. The highest BCUT2D eigenvalue weighted by Crippen LogP contribution is 2.22. The summed E-state index contributed by atoms with van der Waals surface area (Å²) in [7, 11) is -3.55. The van der Waals surface area contributed by atoms with Gasteiger partial charge in [-0.1, -0.05) is 19.1 Å². The Morgan fingerprint density at radius 1 is 1.26 bits per heavy atom. The van der Waals surface area contributed by atoms with Crippen LogP contribution >= 0.6 is 0 Å². The molecule has 0 fully saturated rings. The van der Waals surface area contributed by atoms with Crippen LogP contribution < -0.4 is 10.0 Å². The summed E-state index contributed by atoms with van der Waals surface area (Å²) in [6.07, 6.45) is 0.711. The molecule has 6 heteroatoms. The van der Waals surface area contributed by atoms with Crippen molar-refractivity contribution in [3.8, 4) is 0 Å². The van der Waals surface area contributed by atoms with Crippen LogP contribution in [0.25, 0.3) is 0 Å². The number of aliphatic hydroxyl groups is 1. The average Bonchev–Trinajstić information content (AvgIpc) is 2.34. The first-order valence-corrected chi connectivity index (χ1v) is 7.87. The lowest BCUT2D eigenvalue weighted by atomic mass is 10.2. The molecule has 0 aromatic heterocycles. The largest absolute Gasteiger partial charge is 0.394 e. The molecule has 5 nitrogen and oxygen atoms in total. The van der Waals surface area contributed by atoms with Crippen molar-refractivity contribution in [3.63, 3.8) is 0 Å². The first kappa shape index (κ1) is 15.9. The van der Waals surface area contributed by atoms with Crippen LogP contribution in [0.5, 0.6) is 0 Å². The second-order valence-corrected chi connectivity index (χ2v) is 6.39. The zero-order valence-electron chi connectivity index (χ0n) is 11.6. The van der Waals surface area contributed by atoms with Crippen molar-refractivity contribution in [2.24, 2.45) is 0 Å². The van der Waals surface area contributed by atoms with E-state index >= 15 is 0 Å². The number of sulfonamides is 1. The van der Waals surface area contributed by atoms with Gasteiger partial charge in [-0.25, -0.2) is 13.1 Å². The van der Waals surface area contributed by atoms with Crippen LogP contribution in [0.1, 0.15) is 27.2 Å². The van der Waals surface area contributed by atoms with Gasteiger partial charge < -0.3 is 10.4 Å². The van der Waals surface area contributed by atoms with Crippen LogP contribution in [0.15, 0.2) is 29.2 Å². The van der Waals surface area contributed by atoms with Crippen LogP contribution in [0.2, 0.25) is 0 Å². The lowest BCUT2D eigenvalue weighted by Crippen LogP contribution is -2.31. The van der Waals surface area contributed by atoms with E-state index in [-0.39, 0.29) is 23.6 Å². The highest BCUT2D eigenvalue weighted by Gasteiger charge is 2.20. The normalized spacial score (nSPS) is 13.5.